The zero-order valence-corrected chi connectivity index (χ0v) is 23.4. The van der Waals surface area contributed by atoms with Crippen molar-refractivity contribution in [1.82, 2.24) is 4.98 Å². The number of ether oxygens (including phenoxy) is 1. The fourth-order valence-electron chi connectivity index (χ4n) is 4.95. The van der Waals surface area contributed by atoms with Gasteiger partial charge in [-0.15, -0.1) is 0 Å². The van der Waals surface area contributed by atoms with Crippen LogP contribution in [-0.4, -0.2) is 17.8 Å². The Hall–Kier alpha value is -3.48. The van der Waals surface area contributed by atoms with Gasteiger partial charge in [0.15, 0.2) is 18.2 Å². The molecule has 218 valence electrons. The largest absolute Gasteiger partial charge is 0.481 e. The quantitative estimate of drug-likeness (QED) is 0.111. The van der Waals surface area contributed by atoms with Crippen LogP contribution in [0.25, 0.3) is 10.8 Å². The van der Waals surface area contributed by atoms with E-state index in [1.54, 1.807) is 12.1 Å². The topological polar surface area (TPSA) is 22.1 Å². The van der Waals surface area contributed by atoms with Gasteiger partial charge in [-0.1, -0.05) is 75.1 Å². The van der Waals surface area contributed by atoms with Gasteiger partial charge in [-0.05, 0) is 84.4 Å². The van der Waals surface area contributed by atoms with Crippen LogP contribution in [-0.2, 0) is 32.1 Å². The van der Waals surface area contributed by atoms with Crippen LogP contribution in [0.3, 0.4) is 0 Å². The summed E-state index contributed by atoms with van der Waals surface area (Å²) in [6.07, 6.45) is 7.09. The van der Waals surface area contributed by atoms with E-state index < -0.39 is 24.3 Å². The first-order valence-electron chi connectivity index (χ1n) is 14.3. The Kier molecular flexibility index (Phi) is 10.7. The maximum Gasteiger partial charge on any atom is 0.422 e. The van der Waals surface area contributed by atoms with E-state index in [0.29, 0.717) is 29.4 Å². The van der Waals surface area contributed by atoms with Gasteiger partial charge < -0.3 is 4.74 Å². The zero-order valence-electron chi connectivity index (χ0n) is 23.4. The Balaban J connectivity index is 1.31. The fourth-order valence-corrected chi connectivity index (χ4v) is 4.95. The number of rotatable bonds is 14. The van der Waals surface area contributed by atoms with Crippen LogP contribution in [0.2, 0.25) is 0 Å². The standard InChI is InChI=1S/C34H36F5NO/c1-2-3-4-5-6-7-26-10-17-29(40-22-26)16-9-24-11-18-30-28(20-24)15-14-27(33(30)36)13-8-25-12-19-32(31(35)21-25)41-23-34(37,38)39/h10-12,14-15,17-22H,2-9,13,16,23H2,1H3. The summed E-state index contributed by atoms with van der Waals surface area (Å²) in [7, 11) is 0. The number of nitrogens with zero attached hydrogens (tertiary/aromatic N) is 1. The first-order chi connectivity index (χ1) is 19.7. The highest BCUT2D eigenvalue weighted by Crippen LogP contribution is 2.26. The van der Waals surface area contributed by atoms with Crippen molar-refractivity contribution in [1.29, 1.82) is 0 Å². The van der Waals surface area contributed by atoms with Crippen molar-refractivity contribution in [3.05, 3.63) is 106 Å². The number of aryl methyl sites for hydroxylation is 5. The van der Waals surface area contributed by atoms with Crippen molar-refractivity contribution in [3.8, 4) is 5.75 Å². The van der Waals surface area contributed by atoms with Crippen molar-refractivity contribution in [3.63, 3.8) is 0 Å². The molecule has 4 aromatic rings. The van der Waals surface area contributed by atoms with E-state index in [1.807, 2.05) is 24.4 Å². The van der Waals surface area contributed by atoms with Crippen molar-refractivity contribution in [2.75, 3.05) is 6.61 Å². The molecule has 0 bridgehead atoms. The highest BCUT2D eigenvalue weighted by molar-refractivity contribution is 5.84. The van der Waals surface area contributed by atoms with Crippen LogP contribution < -0.4 is 4.74 Å². The number of fused-ring (bicyclic) bond motifs is 1. The van der Waals surface area contributed by atoms with E-state index in [9.17, 15) is 17.6 Å². The third kappa shape index (κ3) is 9.27. The lowest BCUT2D eigenvalue weighted by atomic mass is 9.97. The van der Waals surface area contributed by atoms with Crippen LogP contribution in [0.15, 0.2) is 66.9 Å². The molecule has 41 heavy (non-hydrogen) atoms. The normalized spacial score (nSPS) is 11.8. The summed E-state index contributed by atoms with van der Waals surface area (Å²) in [4.78, 5) is 4.64. The van der Waals surface area contributed by atoms with E-state index in [2.05, 4.69) is 28.8 Å². The van der Waals surface area contributed by atoms with Gasteiger partial charge in [0.05, 0.1) is 0 Å². The molecular formula is C34H36F5NO. The molecule has 0 aliphatic rings. The van der Waals surface area contributed by atoms with Gasteiger partial charge in [0.25, 0.3) is 0 Å². The molecule has 0 radical (unpaired) electrons. The number of halogens is 5. The minimum Gasteiger partial charge on any atom is -0.481 e. The van der Waals surface area contributed by atoms with Crippen LogP contribution in [0.5, 0.6) is 5.75 Å². The molecule has 0 unspecified atom stereocenters. The number of alkyl halides is 3. The first-order valence-corrected chi connectivity index (χ1v) is 14.3. The van der Waals surface area contributed by atoms with Crippen molar-refractivity contribution < 1.29 is 26.7 Å². The van der Waals surface area contributed by atoms with Gasteiger partial charge >= 0.3 is 6.18 Å². The van der Waals surface area contributed by atoms with Crippen LogP contribution in [0.1, 0.15) is 67.0 Å². The van der Waals surface area contributed by atoms with E-state index in [4.69, 9.17) is 0 Å². The molecule has 0 N–H and O–H groups in total. The first kappa shape index (κ1) is 30.5. The number of benzene rings is 3. The average Bonchev–Trinajstić information content (AvgIpc) is 2.95. The molecule has 1 heterocycles. The fraction of sp³-hybridized carbons (Fsp3) is 0.382. The van der Waals surface area contributed by atoms with Gasteiger partial charge in [-0.2, -0.15) is 13.2 Å². The van der Waals surface area contributed by atoms with Crippen molar-refractivity contribution in [2.45, 2.75) is 77.3 Å². The molecule has 1 aromatic heterocycles. The van der Waals surface area contributed by atoms with E-state index in [1.165, 1.54) is 49.8 Å². The number of pyridine rings is 1. The van der Waals surface area contributed by atoms with E-state index >= 15 is 4.39 Å². The molecule has 0 saturated heterocycles. The molecule has 4 rings (SSSR count). The van der Waals surface area contributed by atoms with Gasteiger partial charge in [0.1, 0.15) is 5.82 Å². The number of hydrogen-bond acceptors (Lipinski definition) is 2. The molecule has 0 saturated carbocycles. The summed E-state index contributed by atoms with van der Waals surface area (Å²) in [6, 6.07) is 17.4. The van der Waals surface area contributed by atoms with E-state index in [-0.39, 0.29) is 5.82 Å². The van der Waals surface area contributed by atoms with Crippen LogP contribution >= 0.6 is 0 Å². The average molecular weight is 570 g/mol. The number of unbranched alkanes of at least 4 members (excludes halogenated alkanes) is 4. The minimum atomic E-state index is -4.55. The maximum atomic E-state index is 15.3. The lowest BCUT2D eigenvalue weighted by Crippen LogP contribution is -2.19. The molecule has 0 aliphatic carbocycles. The minimum absolute atomic E-state index is 0.313. The Labute approximate surface area is 238 Å². The van der Waals surface area contributed by atoms with Gasteiger partial charge in [-0.3, -0.25) is 4.98 Å². The van der Waals surface area contributed by atoms with Gasteiger partial charge in [-0.25, -0.2) is 8.78 Å². The van der Waals surface area contributed by atoms with Crippen molar-refractivity contribution >= 4 is 10.8 Å². The summed E-state index contributed by atoms with van der Waals surface area (Å²) in [6.45, 7) is 0.663. The second-order valence-corrected chi connectivity index (χ2v) is 10.6. The molecule has 2 nitrogen and oxygen atoms in total. The number of aromatic nitrogens is 1. The lowest BCUT2D eigenvalue weighted by Gasteiger charge is -2.11. The van der Waals surface area contributed by atoms with Gasteiger partial charge in [0, 0.05) is 17.3 Å². The molecule has 0 aliphatic heterocycles. The lowest BCUT2D eigenvalue weighted by molar-refractivity contribution is -0.153. The summed E-state index contributed by atoms with van der Waals surface area (Å²) in [5.74, 6) is -1.64. The summed E-state index contributed by atoms with van der Waals surface area (Å²) in [5, 5.41) is 1.34. The SMILES string of the molecule is CCCCCCCc1ccc(CCc2ccc3c(F)c(CCc4ccc(OCC(F)(F)F)c(F)c4)ccc3c2)nc1. The molecule has 0 atom stereocenters. The molecule has 7 heteroatoms. The highest BCUT2D eigenvalue weighted by Gasteiger charge is 2.29. The zero-order chi connectivity index (χ0) is 29.2. The second-order valence-electron chi connectivity index (χ2n) is 10.6. The third-order valence-corrected chi connectivity index (χ3v) is 7.29. The highest BCUT2D eigenvalue weighted by atomic mass is 19.4. The summed E-state index contributed by atoms with van der Waals surface area (Å²) < 4.78 is 70.9. The third-order valence-electron chi connectivity index (χ3n) is 7.29. The van der Waals surface area contributed by atoms with Crippen LogP contribution in [0, 0.1) is 11.6 Å². The molecule has 0 fully saturated rings. The number of hydrogen-bond donors (Lipinski definition) is 0. The molecule has 0 amide bonds. The Bertz CT molecular complexity index is 1420. The Morgan fingerprint density at radius 1 is 0.707 bits per heavy atom. The van der Waals surface area contributed by atoms with Crippen LogP contribution in [0.4, 0.5) is 22.0 Å². The van der Waals surface area contributed by atoms with Gasteiger partial charge in [0.2, 0.25) is 0 Å². The molecule has 0 spiro atoms. The van der Waals surface area contributed by atoms with Crippen molar-refractivity contribution in [2.24, 2.45) is 0 Å². The maximum absolute atomic E-state index is 15.3. The predicted octanol–water partition coefficient (Wildman–Crippen LogP) is 9.54. The molecular weight excluding hydrogens is 533 g/mol. The molecule has 3 aromatic carbocycles. The smallest absolute Gasteiger partial charge is 0.422 e. The monoisotopic (exact) mass is 569 g/mol. The summed E-state index contributed by atoms with van der Waals surface area (Å²) in [5.41, 5.74) is 4.47. The summed E-state index contributed by atoms with van der Waals surface area (Å²) >= 11 is 0. The Morgan fingerprint density at radius 3 is 2.17 bits per heavy atom. The second kappa shape index (κ2) is 14.4. The Morgan fingerprint density at radius 2 is 1.44 bits per heavy atom. The van der Waals surface area contributed by atoms with E-state index in [0.717, 1.165) is 42.0 Å². The predicted molar refractivity (Wildman–Crippen MR) is 153 cm³/mol.